The fraction of sp³-hybridized carbons (Fsp3) is 0.727. The summed E-state index contributed by atoms with van der Waals surface area (Å²) in [6, 6.07) is 5.59. The van der Waals surface area contributed by atoms with E-state index in [9.17, 15) is 13.2 Å². The highest BCUT2D eigenvalue weighted by Gasteiger charge is 2.55. The Bertz CT molecular complexity index is 616. The number of ether oxygens (including phenoxy) is 1. The molecule has 3 nitrogen and oxygen atoms in total. The number of halogens is 3. The summed E-state index contributed by atoms with van der Waals surface area (Å²) in [4.78, 5) is 4.92. The van der Waals surface area contributed by atoms with E-state index >= 15 is 0 Å². The van der Waals surface area contributed by atoms with Gasteiger partial charge in [0.25, 0.3) is 0 Å². The van der Waals surface area contributed by atoms with E-state index in [4.69, 9.17) is 4.74 Å². The number of rotatable bonds is 8. The zero-order chi connectivity index (χ0) is 19.6. The van der Waals surface area contributed by atoms with Gasteiger partial charge in [0.15, 0.2) is 0 Å². The largest absolute Gasteiger partial charge is 0.416 e. The van der Waals surface area contributed by atoms with Crippen LogP contribution in [0.4, 0.5) is 13.2 Å². The molecule has 0 N–H and O–H groups in total. The predicted octanol–water partition coefficient (Wildman–Crippen LogP) is 4.28. The molecule has 3 aliphatic rings. The number of hydrogen-bond donors (Lipinski definition) is 0. The van der Waals surface area contributed by atoms with E-state index in [-0.39, 0.29) is 0 Å². The molecule has 0 bridgehead atoms. The standard InChI is InChI=1S/C22H31F3N2O/c23-22(24,25)18-7-5-17(6-8-18)13-27-14-19-20(15-27)21(19)16-28-12-4-11-26-9-2-1-3-10-26/h5-8,19-21H,1-4,9-16H2/t19-,20+,21-. The van der Waals surface area contributed by atoms with Gasteiger partial charge in [-0.2, -0.15) is 13.2 Å². The molecule has 1 aromatic rings. The van der Waals surface area contributed by atoms with Crippen molar-refractivity contribution in [3.8, 4) is 0 Å². The monoisotopic (exact) mass is 396 g/mol. The number of benzene rings is 1. The van der Waals surface area contributed by atoms with Crippen LogP contribution >= 0.6 is 0 Å². The van der Waals surface area contributed by atoms with Gasteiger partial charge in [0.1, 0.15) is 0 Å². The molecule has 156 valence electrons. The minimum absolute atomic E-state index is 0.571. The Labute approximate surface area is 165 Å². The molecule has 0 radical (unpaired) electrons. The second-order valence-electron chi connectivity index (χ2n) is 8.71. The van der Waals surface area contributed by atoms with Crippen molar-refractivity contribution >= 4 is 0 Å². The molecule has 28 heavy (non-hydrogen) atoms. The zero-order valence-corrected chi connectivity index (χ0v) is 16.5. The first kappa shape index (κ1) is 20.2. The molecule has 2 aliphatic heterocycles. The highest BCUT2D eigenvalue weighted by atomic mass is 19.4. The molecule has 4 rings (SSSR count). The molecule has 3 atom stereocenters. The molecule has 2 saturated heterocycles. The lowest BCUT2D eigenvalue weighted by Crippen LogP contribution is -2.31. The second-order valence-corrected chi connectivity index (χ2v) is 8.71. The Morgan fingerprint density at radius 2 is 1.61 bits per heavy atom. The summed E-state index contributed by atoms with van der Waals surface area (Å²) >= 11 is 0. The van der Waals surface area contributed by atoms with Crippen molar-refractivity contribution in [1.29, 1.82) is 0 Å². The van der Waals surface area contributed by atoms with Crippen LogP contribution in [-0.2, 0) is 17.5 Å². The minimum Gasteiger partial charge on any atom is -0.381 e. The van der Waals surface area contributed by atoms with Crippen molar-refractivity contribution in [2.45, 2.75) is 38.4 Å². The highest BCUT2D eigenvalue weighted by molar-refractivity contribution is 5.25. The molecule has 0 aromatic heterocycles. The van der Waals surface area contributed by atoms with E-state index in [1.54, 1.807) is 12.1 Å². The van der Waals surface area contributed by atoms with Gasteiger partial charge in [-0.05, 0) is 67.8 Å². The summed E-state index contributed by atoms with van der Waals surface area (Å²) in [5, 5.41) is 0. The van der Waals surface area contributed by atoms with E-state index in [0.717, 1.165) is 56.7 Å². The molecule has 6 heteroatoms. The minimum atomic E-state index is -4.26. The first-order chi connectivity index (χ1) is 13.5. The first-order valence-corrected chi connectivity index (χ1v) is 10.7. The summed E-state index contributed by atoms with van der Waals surface area (Å²) in [7, 11) is 0. The summed E-state index contributed by atoms with van der Waals surface area (Å²) in [5.41, 5.74) is 0.387. The average molecular weight is 396 g/mol. The van der Waals surface area contributed by atoms with Gasteiger partial charge in [-0.3, -0.25) is 4.90 Å². The van der Waals surface area contributed by atoms with Crippen LogP contribution < -0.4 is 0 Å². The zero-order valence-electron chi connectivity index (χ0n) is 16.5. The van der Waals surface area contributed by atoms with E-state index in [2.05, 4.69) is 9.80 Å². The Hall–Kier alpha value is -1.11. The van der Waals surface area contributed by atoms with Crippen LogP contribution in [0, 0.1) is 17.8 Å². The third-order valence-electron chi connectivity index (χ3n) is 6.66. The third kappa shape index (κ3) is 5.08. The van der Waals surface area contributed by atoms with Crippen molar-refractivity contribution in [1.82, 2.24) is 9.80 Å². The predicted molar refractivity (Wildman–Crippen MR) is 103 cm³/mol. The van der Waals surface area contributed by atoms with Crippen molar-refractivity contribution in [2.24, 2.45) is 17.8 Å². The van der Waals surface area contributed by atoms with Crippen molar-refractivity contribution < 1.29 is 17.9 Å². The van der Waals surface area contributed by atoms with Gasteiger partial charge >= 0.3 is 6.18 Å². The molecular weight excluding hydrogens is 365 g/mol. The number of nitrogens with zero attached hydrogens (tertiary/aromatic N) is 2. The Morgan fingerprint density at radius 1 is 0.929 bits per heavy atom. The molecule has 3 fully saturated rings. The number of fused-ring (bicyclic) bond motifs is 1. The number of alkyl halides is 3. The average Bonchev–Trinajstić information content (AvgIpc) is 3.13. The highest BCUT2D eigenvalue weighted by Crippen LogP contribution is 2.52. The molecule has 1 aliphatic carbocycles. The van der Waals surface area contributed by atoms with Gasteiger partial charge in [0, 0.05) is 32.8 Å². The van der Waals surface area contributed by atoms with Crippen LogP contribution in [0.25, 0.3) is 0 Å². The normalized spacial score (nSPS) is 28.5. The smallest absolute Gasteiger partial charge is 0.381 e. The lowest BCUT2D eigenvalue weighted by atomic mass is 10.1. The molecule has 1 aromatic carbocycles. The molecule has 0 amide bonds. The van der Waals surface area contributed by atoms with E-state index < -0.39 is 11.7 Å². The van der Waals surface area contributed by atoms with Gasteiger partial charge in [-0.1, -0.05) is 18.6 Å². The van der Waals surface area contributed by atoms with Crippen molar-refractivity contribution in [2.75, 3.05) is 45.9 Å². The molecule has 2 heterocycles. The summed E-state index contributed by atoms with van der Waals surface area (Å²) < 4.78 is 43.9. The SMILES string of the molecule is FC(F)(F)c1ccc(CN2C[C@@H]3[C@H](COCCCN4CCCCC4)[C@@H]3C2)cc1. The van der Waals surface area contributed by atoms with Gasteiger partial charge < -0.3 is 9.64 Å². The first-order valence-electron chi connectivity index (χ1n) is 10.7. The Kier molecular flexibility index (Phi) is 6.28. The molecular formula is C22H31F3N2O. The van der Waals surface area contributed by atoms with Crippen LogP contribution in [0.15, 0.2) is 24.3 Å². The summed E-state index contributed by atoms with van der Waals surface area (Å²) in [6.45, 7) is 8.25. The summed E-state index contributed by atoms with van der Waals surface area (Å²) in [5.74, 6) is 2.13. The fourth-order valence-electron chi connectivity index (χ4n) is 4.96. The molecule has 1 saturated carbocycles. The number of piperidine rings is 2. The number of likely N-dealkylation sites (tertiary alicyclic amines) is 2. The topological polar surface area (TPSA) is 15.7 Å². The molecule has 0 unspecified atom stereocenters. The lowest BCUT2D eigenvalue weighted by molar-refractivity contribution is -0.137. The van der Waals surface area contributed by atoms with Crippen molar-refractivity contribution in [3.63, 3.8) is 0 Å². The van der Waals surface area contributed by atoms with Gasteiger partial charge in [0.05, 0.1) is 12.2 Å². The quantitative estimate of drug-likeness (QED) is 0.610. The van der Waals surface area contributed by atoms with Crippen LogP contribution in [-0.4, -0.2) is 55.7 Å². The van der Waals surface area contributed by atoms with E-state index in [1.165, 1.54) is 51.0 Å². The maximum Gasteiger partial charge on any atom is 0.416 e. The van der Waals surface area contributed by atoms with Gasteiger partial charge in [-0.15, -0.1) is 0 Å². The summed E-state index contributed by atoms with van der Waals surface area (Å²) in [6.07, 6.45) is 0.939. The van der Waals surface area contributed by atoms with Crippen LogP contribution in [0.3, 0.4) is 0 Å². The van der Waals surface area contributed by atoms with E-state index in [0.29, 0.717) is 5.92 Å². The Balaban J connectivity index is 1.09. The Morgan fingerprint density at radius 3 is 2.25 bits per heavy atom. The van der Waals surface area contributed by atoms with Crippen LogP contribution in [0.5, 0.6) is 0 Å². The lowest BCUT2D eigenvalue weighted by Gasteiger charge is -2.26. The van der Waals surface area contributed by atoms with Crippen LogP contribution in [0.1, 0.15) is 36.8 Å². The van der Waals surface area contributed by atoms with Crippen LogP contribution in [0.2, 0.25) is 0 Å². The van der Waals surface area contributed by atoms with Crippen molar-refractivity contribution in [3.05, 3.63) is 35.4 Å². The van der Waals surface area contributed by atoms with Gasteiger partial charge in [0.2, 0.25) is 0 Å². The third-order valence-corrected chi connectivity index (χ3v) is 6.66. The number of hydrogen-bond acceptors (Lipinski definition) is 3. The maximum atomic E-state index is 12.6. The maximum absolute atomic E-state index is 12.6. The molecule has 0 spiro atoms. The van der Waals surface area contributed by atoms with E-state index in [1.807, 2.05) is 0 Å². The van der Waals surface area contributed by atoms with Gasteiger partial charge in [-0.25, -0.2) is 0 Å². The second kappa shape index (κ2) is 8.72. The fourth-order valence-corrected chi connectivity index (χ4v) is 4.96.